The number of nitrogens with zero attached hydrogens (tertiary/aromatic N) is 5. The molecule has 0 spiro atoms. The summed E-state index contributed by atoms with van der Waals surface area (Å²) in [6, 6.07) is 14.3. The van der Waals surface area contributed by atoms with Crippen molar-refractivity contribution in [3.8, 4) is 0 Å². The van der Waals surface area contributed by atoms with Crippen molar-refractivity contribution in [1.82, 2.24) is 30.1 Å². The summed E-state index contributed by atoms with van der Waals surface area (Å²) in [6.45, 7) is 4.77. The van der Waals surface area contributed by atoms with Gasteiger partial charge < -0.3 is 9.72 Å². The van der Waals surface area contributed by atoms with Gasteiger partial charge in [0.25, 0.3) is 5.56 Å². The van der Waals surface area contributed by atoms with Gasteiger partial charge in [-0.1, -0.05) is 30.3 Å². The summed E-state index contributed by atoms with van der Waals surface area (Å²) in [6.07, 6.45) is 2.14. The van der Waals surface area contributed by atoms with Crippen LogP contribution in [0.1, 0.15) is 35.4 Å². The zero-order valence-corrected chi connectivity index (χ0v) is 19.1. The Balaban J connectivity index is 1.40. The molecule has 4 aromatic rings. The summed E-state index contributed by atoms with van der Waals surface area (Å²) in [5.74, 6) is 0.398. The maximum Gasteiger partial charge on any atom is 0.252 e. The van der Waals surface area contributed by atoms with Crippen molar-refractivity contribution in [3.05, 3.63) is 87.2 Å². The second-order valence-electron chi connectivity index (χ2n) is 8.85. The Bertz CT molecular complexity index is 1330. The summed E-state index contributed by atoms with van der Waals surface area (Å²) in [5.41, 5.74) is 3.41. The van der Waals surface area contributed by atoms with Crippen molar-refractivity contribution in [2.75, 3.05) is 13.2 Å². The number of halogens is 1. The van der Waals surface area contributed by atoms with Gasteiger partial charge in [-0.3, -0.25) is 9.69 Å². The minimum Gasteiger partial charge on any atom is -0.377 e. The number of H-pyrrole nitrogens is 1. The van der Waals surface area contributed by atoms with Crippen LogP contribution >= 0.6 is 0 Å². The highest BCUT2D eigenvalue weighted by Crippen LogP contribution is 2.19. The highest BCUT2D eigenvalue weighted by molar-refractivity contribution is 5.81. The van der Waals surface area contributed by atoms with E-state index in [1.165, 1.54) is 12.1 Å². The molecule has 1 aliphatic heterocycles. The van der Waals surface area contributed by atoms with Gasteiger partial charge in [-0.15, -0.1) is 5.10 Å². The van der Waals surface area contributed by atoms with E-state index in [1.807, 2.05) is 31.2 Å². The van der Waals surface area contributed by atoms with Gasteiger partial charge in [0, 0.05) is 25.3 Å². The minimum absolute atomic E-state index is 0.0926. The molecule has 176 valence electrons. The maximum absolute atomic E-state index is 13.3. The summed E-state index contributed by atoms with van der Waals surface area (Å²) < 4.78 is 20.9. The first-order chi connectivity index (χ1) is 16.5. The first kappa shape index (κ1) is 22.4. The number of fused-ring (bicyclic) bond motifs is 1. The van der Waals surface area contributed by atoms with E-state index in [0.717, 1.165) is 41.5 Å². The number of tetrazole rings is 1. The molecule has 3 heterocycles. The third kappa shape index (κ3) is 5.05. The number of para-hydroxylation sites is 1. The quantitative estimate of drug-likeness (QED) is 0.433. The second kappa shape index (κ2) is 9.82. The molecule has 34 heavy (non-hydrogen) atoms. The summed E-state index contributed by atoms with van der Waals surface area (Å²) in [4.78, 5) is 18.1. The number of aryl methyl sites for hydroxylation is 1. The lowest BCUT2D eigenvalue weighted by atomic mass is 10.1. The molecule has 1 fully saturated rings. The number of ether oxygens (including phenoxy) is 1. The zero-order valence-electron chi connectivity index (χ0n) is 19.1. The van der Waals surface area contributed by atoms with Crippen molar-refractivity contribution in [3.63, 3.8) is 0 Å². The number of nitrogens with one attached hydrogen (secondary N) is 1. The number of aromatic amines is 1. The fraction of sp³-hybridized carbons (Fsp3) is 0.360. The number of aromatic nitrogens is 5. The Morgan fingerprint density at radius 1 is 1.21 bits per heavy atom. The van der Waals surface area contributed by atoms with Crippen LogP contribution in [0, 0.1) is 12.7 Å². The van der Waals surface area contributed by atoms with Gasteiger partial charge >= 0.3 is 0 Å². The number of pyridine rings is 1. The molecule has 0 amide bonds. The Labute approximate surface area is 196 Å². The topological polar surface area (TPSA) is 88.9 Å². The van der Waals surface area contributed by atoms with E-state index in [-0.39, 0.29) is 17.5 Å². The van der Waals surface area contributed by atoms with Gasteiger partial charge in [0.2, 0.25) is 0 Å². The zero-order chi connectivity index (χ0) is 23.5. The van der Waals surface area contributed by atoms with E-state index in [0.29, 0.717) is 37.6 Å². The van der Waals surface area contributed by atoms with Gasteiger partial charge in [-0.2, -0.15) is 0 Å². The van der Waals surface area contributed by atoms with Crippen molar-refractivity contribution in [1.29, 1.82) is 0 Å². The fourth-order valence-electron chi connectivity index (χ4n) is 4.47. The molecule has 0 bridgehead atoms. The molecule has 0 radical (unpaired) electrons. The highest BCUT2D eigenvalue weighted by Gasteiger charge is 2.22. The largest absolute Gasteiger partial charge is 0.377 e. The third-order valence-corrected chi connectivity index (χ3v) is 6.26. The average Bonchev–Trinajstić information content (AvgIpc) is 3.49. The molecule has 9 heteroatoms. The van der Waals surface area contributed by atoms with Crippen LogP contribution in [0.25, 0.3) is 10.9 Å². The van der Waals surface area contributed by atoms with Crippen LogP contribution in [-0.2, 0) is 24.4 Å². The molecule has 0 unspecified atom stereocenters. The maximum atomic E-state index is 13.3. The van der Waals surface area contributed by atoms with Crippen LogP contribution in [-0.4, -0.2) is 49.3 Å². The Kier molecular flexibility index (Phi) is 6.46. The Hall–Kier alpha value is -3.43. The van der Waals surface area contributed by atoms with Crippen molar-refractivity contribution < 1.29 is 9.13 Å². The predicted octanol–water partition coefficient (Wildman–Crippen LogP) is 3.19. The summed E-state index contributed by atoms with van der Waals surface area (Å²) >= 11 is 0. The lowest BCUT2D eigenvalue weighted by molar-refractivity contribution is 0.0663. The van der Waals surface area contributed by atoms with E-state index in [9.17, 15) is 9.18 Å². The van der Waals surface area contributed by atoms with E-state index in [1.54, 1.807) is 16.8 Å². The molecule has 5 rings (SSSR count). The average molecular weight is 463 g/mol. The smallest absolute Gasteiger partial charge is 0.252 e. The van der Waals surface area contributed by atoms with Gasteiger partial charge in [0.05, 0.1) is 24.7 Å². The Morgan fingerprint density at radius 3 is 2.85 bits per heavy atom. The molecule has 2 aromatic heterocycles. The molecule has 8 nitrogen and oxygen atoms in total. The minimum atomic E-state index is -0.278. The van der Waals surface area contributed by atoms with Crippen LogP contribution < -0.4 is 5.56 Å². The van der Waals surface area contributed by atoms with Gasteiger partial charge in [-0.25, -0.2) is 9.07 Å². The molecule has 0 saturated carbocycles. The lowest BCUT2D eigenvalue weighted by Crippen LogP contribution is -2.34. The number of hydrogen-bond acceptors (Lipinski definition) is 6. The number of benzene rings is 2. The van der Waals surface area contributed by atoms with E-state index in [4.69, 9.17) is 4.74 Å². The molecular formula is C25H27FN6O2. The van der Waals surface area contributed by atoms with E-state index >= 15 is 0 Å². The van der Waals surface area contributed by atoms with Gasteiger partial charge in [0.15, 0.2) is 5.82 Å². The predicted molar refractivity (Wildman–Crippen MR) is 126 cm³/mol. The van der Waals surface area contributed by atoms with Gasteiger partial charge in [-0.05, 0) is 64.9 Å². The van der Waals surface area contributed by atoms with Crippen LogP contribution in [0.5, 0.6) is 0 Å². The molecule has 1 saturated heterocycles. The first-order valence-electron chi connectivity index (χ1n) is 11.5. The van der Waals surface area contributed by atoms with Gasteiger partial charge in [0.1, 0.15) is 5.82 Å². The normalized spacial score (nSPS) is 16.0. The van der Waals surface area contributed by atoms with E-state index in [2.05, 4.69) is 25.4 Å². The highest BCUT2D eigenvalue weighted by atomic mass is 19.1. The fourth-order valence-corrected chi connectivity index (χ4v) is 4.47. The first-order valence-corrected chi connectivity index (χ1v) is 11.5. The van der Waals surface area contributed by atoms with Crippen LogP contribution in [0.2, 0.25) is 0 Å². The number of hydrogen-bond donors (Lipinski definition) is 1. The summed E-state index contributed by atoms with van der Waals surface area (Å²) in [5, 5.41) is 13.2. The standard InChI is InChI=1S/C25H27FN6O2/c1-17-4-2-5-19-12-20(25(33)27-24(17)19)14-31(15-22-6-3-11-34-22)16-23-28-29-30-32(23)13-18-7-9-21(26)10-8-18/h2,4-5,7-10,12,22H,3,6,11,13-16H2,1H3,(H,27,33)/t22-/m1/s1. The molecule has 1 aliphatic rings. The third-order valence-electron chi connectivity index (χ3n) is 6.26. The molecule has 1 atom stereocenters. The lowest BCUT2D eigenvalue weighted by Gasteiger charge is -2.24. The SMILES string of the molecule is Cc1cccc2cc(CN(Cc3nnnn3Cc3ccc(F)cc3)C[C@H]3CCCO3)c(=O)[nH]c12. The Morgan fingerprint density at radius 2 is 2.06 bits per heavy atom. The van der Waals surface area contributed by atoms with Crippen molar-refractivity contribution >= 4 is 10.9 Å². The number of rotatable bonds is 8. The van der Waals surface area contributed by atoms with E-state index < -0.39 is 0 Å². The van der Waals surface area contributed by atoms with Crippen molar-refractivity contribution in [2.24, 2.45) is 0 Å². The van der Waals surface area contributed by atoms with Crippen LogP contribution in [0.3, 0.4) is 0 Å². The van der Waals surface area contributed by atoms with Crippen LogP contribution in [0.4, 0.5) is 4.39 Å². The van der Waals surface area contributed by atoms with Crippen LogP contribution in [0.15, 0.2) is 53.3 Å². The second-order valence-corrected chi connectivity index (χ2v) is 8.85. The molecule has 1 N–H and O–H groups in total. The molecule has 0 aliphatic carbocycles. The molecular weight excluding hydrogens is 435 g/mol. The van der Waals surface area contributed by atoms with Crippen molar-refractivity contribution in [2.45, 2.75) is 45.5 Å². The monoisotopic (exact) mass is 462 g/mol. The summed E-state index contributed by atoms with van der Waals surface area (Å²) in [7, 11) is 0. The molecule has 2 aromatic carbocycles.